The molecule has 1 aromatic heterocycles. The highest BCUT2D eigenvalue weighted by atomic mass is 16.3. The van der Waals surface area contributed by atoms with E-state index in [1.165, 1.54) is 6.92 Å². The third-order valence-corrected chi connectivity index (χ3v) is 10.6. The van der Waals surface area contributed by atoms with Crippen molar-refractivity contribution < 1.29 is 48.3 Å². The van der Waals surface area contributed by atoms with Gasteiger partial charge in [0.2, 0.25) is 53.2 Å². The van der Waals surface area contributed by atoms with E-state index in [1.54, 1.807) is 44.3 Å². The Bertz CT molecular complexity index is 2150. The van der Waals surface area contributed by atoms with Gasteiger partial charge >= 0.3 is 0 Å². The summed E-state index contributed by atoms with van der Waals surface area (Å²) in [5, 5.41) is 34.0. The first-order chi connectivity index (χ1) is 31.9. The first-order valence-corrected chi connectivity index (χ1v) is 22.4. The Balaban J connectivity index is 1.52. The highest BCUT2D eigenvalue weighted by Crippen LogP contribution is 2.21. The number of nitrogens with one attached hydrogen (secondary N) is 10. The second-order valence-electron chi connectivity index (χ2n) is 16.8. The zero-order valence-corrected chi connectivity index (χ0v) is 38.8. The molecule has 13 N–H and O–H groups in total. The highest BCUT2D eigenvalue weighted by molar-refractivity contribution is 5.96. The third kappa shape index (κ3) is 19.6. The number of hydrogen-bond donors (Lipinski definition) is 12. The van der Waals surface area contributed by atoms with Crippen LogP contribution in [0.4, 0.5) is 0 Å². The third-order valence-electron chi connectivity index (χ3n) is 10.6. The van der Waals surface area contributed by atoms with E-state index in [-0.39, 0.29) is 24.7 Å². The first-order valence-electron chi connectivity index (χ1n) is 22.4. The fourth-order valence-electron chi connectivity index (χ4n) is 6.93. The van der Waals surface area contributed by atoms with E-state index in [0.717, 1.165) is 29.4 Å². The molecule has 3 rings (SSSR count). The number of primary amides is 1. The van der Waals surface area contributed by atoms with Crippen LogP contribution in [0, 0.1) is 11.8 Å². The fraction of sp³-hybridized carbons (Fsp3) is 0.500. The zero-order chi connectivity index (χ0) is 49.5. The van der Waals surface area contributed by atoms with Gasteiger partial charge in [0.1, 0.15) is 24.2 Å². The largest absolute Gasteiger partial charge is 0.391 e. The number of nitrogens with two attached hydrogens (primary N) is 1. The minimum Gasteiger partial charge on any atom is -0.391 e. The standard InChI is InChI=1S/C46H67N11O10/c1-27(2)19-35(55-43(64)28(3)20-31-22-49-33-16-10-9-15-32(31)33)45(66)56-36(21-30-13-7-6-8-14-30)44(65)52-26-40(62)57-41(29(4)58)46(67)53-24-38(60)50-23-37(59)51-25-39(61)54-34(42(47)63)17-11-12-18-48-5/h6-10,13-16,22,27-29,34-36,41,48-49,58H,11-12,17-21,23-26H2,1-5H3,(H2,47,63)(H,50,60)(H,51,59)(H,52,65)(H,53,67)(H,54,61)(H,55,64)(H,56,66)(H,57,62)/t28-,29?,34-,35-,36-,41-/m0/s1. The molecule has 366 valence electrons. The van der Waals surface area contributed by atoms with Gasteiger partial charge in [-0.1, -0.05) is 69.3 Å². The van der Waals surface area contributed by atoms with Crippen LogP contribution in [0.1, 0.15) is 64.5 Å². The smallest absolute Gasteiger partial charge is 0.245 e. The minimum absolute atomic E-state index is 0.00890. The molecule has 2 aromatic carbocycles. The number of H-pyrrole nitrogens is 1. The van der Waals surface area contributed by atoms with Crippen molar-refractivity contribution in [1.82, 2.24) is 52.8 Å². The monoisotopic (exact) mass is 934 g/mol. The molecule has 3 aromatic rings. The van der Waals surface area contributed by atoms with Gasteiger partial charge in [0.25, 0.3) is 0 Å². The summed E-state index contributed by atoms with van der Waals surface area (Å²) in [7, 11) is 1.79. The average molecular weight is 934 g/mol. The summed E-state index contributed by atoms with van der Waals surface area (Å²) in [6.07, 6.45) is 2.86. The van der Waals surface area contributed by atoms with Crippen LogP contribution in [-0.4, -0.2) is 133 Å². The Morgan fingerprint density at radius 2 is 1.19 bits per heavy atom. The van der Waals surface area contributed by atoms with Gasteiger partial charge in [-0.15, -0.1) is 0 Å². The number of aromatic amines is 1. The molecular weight excluding hydrogens is 867 g/mol. The molecule has 21 nitrogen and oxygen atoms in total. The summed E-state index contributed by atoms with van der Waals surface area (Å²) < 4.78 is 0. The molecule has 0 saturated carbocycles. The molecule has 0 aliphatic rings. The normalized spacial score (nSPS) is 13.7. The van der Waals surface area contributed by atoms with E-state index in [2.05, 4.69) is 52.8 Å². The van der Waals surface area contributed by atoms with Gasteiger partial charge in [-0.3, -0.25) is 43.2 Å². The fourth-order valence-corrected chi connectivity index (χ4v) is 6.93. The van der Waals surface area contributed by atoms with Gasteiger partial charge in [-0.2, -0.15) is 0 Å². The molecule has 21 heteroatoms. The lowest BCUT2D eigenvalue weighted by Gasteiger charge is -2.25. The van der Waals surface area contributed by atoms with Crippen molar-refractivity contribution in [1.29, 1.82) is 0 Å². The number of hydrogen-bond acceptors (Lipinski definition) is 11. The van der Waals surface area contributed by atoms with E-state index in [0.29, 0.717) is 24.8 Å². The molecule has 0 fully saturated rings. The van der Waals surface area contributed by atoms with Crippen molar-refractivity contribution in [2.75, 3.05) is 39.8 Å². The summed E-state index contributed by atoms with van der Waals surface area (Å²) in [4.78, 5) is 119. The van der Waals surface area contributed by atoms with Crippen molar-refractivity contribution in [2.24, 2.45) is 17.6 Å². The molecule has 0 aliphatic carbocycles. The number of benzene rings is 2. The summed E-state index contributed by atoms with van der Waals surface area (Å²) in [5.74, 6) is -6.94. The van der Waals surface area contributed by atoms with E-state index in [4.69, 9.17) is 5.73 Å². The Kier molecular flexibility index (Phi) is 22.9. The van der Waals surface area contributed by atoms with Gasteiger partial charge in [-0.25, -0.2) is 0 Å². The lowest BCUT2D eigenvalue weighted by Crippen LogP contribution is -2.57. The summed E-state index contributed by atoms with van der Waals surface area (Å²) in [6.45, 7) is 5.15. The number of carbonyl (C=O) groups is 9. The minimum atomic E-state index is -1.56. The number of aliphatic hydroxyl groups is 1. The molecule has 67 heavy (non-hydrogen) atoms. The van der Waals surface area contributed by atoms with Crippen LogP contribution < -0.4 is 53.6 Å². The van der Waals surface area contributed by atoms with Crippen molar-refractivity contribution in [2.45, 2.75) is 96.5 Å². The number of para-hydroxylation sites is 1. The zero-order valence-electron chi connectivity index (χ0n) is 38.8. The van der Waals surface area contributed by atoms with Crippen LogP contribution >= 0.6 is 0 Å². The predicted octanol–water partition coefficient (Wildman–Crippen LogP) is -1.70. The van der Waals surface area contributed by atoms with Crippen molar-refractivity contribution in [3.8, 4) is 0 Å². The predicted molar refractivity (Wildman–Crippen MR) is 249 cm³/mol. The molecule has 6 atom stereocenters. The van der Waals surface area contributed by atoms with E-state index < -0.39 is 110 Å². The maximum atomic E-state index is 13.9. The van der Waals surface area contributed by atoms with Crippen molar-refractivity contribution >= 4 is 64.1 Å². The quantitative estimate of drug-likeness (QED) is 0.0348. The summed E-state index contributed by atoms with van der Waals surface area (Å²) in [5.41, 5.74) is 7.97. The molecule has 0 bridgehead atoms. The molecular formula is C46H67N11O10. The second-order valence-corrected chi connectivity index (χ2v) is 16.8. The number of aromatic nitrogens is 1. The van der Waals surface area contributed by atoms with Gasteiger partial charge in [0.15, 0.2) is 0 Å². The van der Waals surface area contributed by atoms with Crippen molar-refractivity contribution in [3.63, 3.8) is 0 Å². The van der Waals surface area contributed by atoms with Gasteiger partial charge in [0.05, 0.1) is 32.3 Å². The van der Waals surface area contributed by atoms with E-state index >= 15 is 0 Å². The van der Waals surface area contributed by atoms with E-state index in [9.17, 15) is 48.3 Å². The molecule has 1 unspecified atom stereocenters. The lowest BCUT2D eigenvalue weighted by atomic mass is 9.97. The Hall–Kier alpha value is -6.87. The number of unbranched alkanes of at least 4 members (excludes halogenated alkanes) is 1. The summed E-state index contributed by atoms with van der Waals surface area (Å²) >= 11 is 0. The van der Waals surface area contributed by atoms with Crippen LogP contribution in [-0.2, 0) is 56.0 Å². The molecule has 1 heterocycles. The highest BCUT2D eigenvalue weighted by Gasteiger charge is 2.31. The van der Waals surface area contributed by atoms with Crippen LogP contribution in [0.15, 0.2) is 60.8 Å². The molecule has 0 aliphatic heterocycles. The molecule has 0 spiro atoms. The Labute approximate surface area is 390 Å². The first kappa shape index (κ1) is 54.5. The van der Waals surface area contributed by atoms with Crippen LogP contribution in [0.2, 0.25) is 0 Å². The Morgan fingerprint density at radius 1 is 0.612 bits per heavy atom. The Morgan fingerprint density at radius 3 is 1.84 bits per heavy atom. The SMILES string of the molecule is CNCCCC[C@H](NC(=O)CNC(=O)CNC(=O)CNC(=O)[C@@H](NC(=O)CNC(=O)[C@H](Cc1ccccc1)NC(=O)[C@H](CC(C)C)NC(=O)[C@@H](C)Cc1c[nH]c2ccccc12)C(C)O)C(N)=O. The number of carbonyl (C=O) groups excluding carboxylic acids is 9. The maximum absolute atomic E-state index is 13.9. The molecule has 0 saturated heterocycles. The van der Waals surface area contributed by atoms with Crippen LogP contribution in [0.25, 0.3) is 10.9 Å². The number of aliphatic hydroxyl groups excluding tert-OH is 1. The summed E-state index contributed by atoms with van der Waals surface area (Å²) in [6, 6.07) is 11.9. The molecule has 9 amide bonds. The van der Waals surface area contributed by atoms with Crippen LogP contribution in [0.5, 0.6) is 0 Å². The van der Waals surface area contributed by atoms with Gasteiger partial charge in [0, 0.05) is 29.4 Å². The second kappa shape index (κ2) is 28.2. The average Bonchev–Trinajstić information content (AvgIpc) is 3.70. The number of fused-ring (bicyclic) bond motifs is 1. The topological polar surface area (TPSA) is 324 Å². The molecule has 0 radical (unpaired) electrons. The maximum Gasteiger partial charge on any atom is 0.245 e. The van der Waals surface area contributed by atoms with E-state index in [1.807, 2.05) is 44.3 Å². The number of rotatable bonds is 29. The van der Waals surface area contributed by atoms with Gasteiger partial charge < -0.3 is 63.7 Å². The lowest BCUT2D eigenvalue weighted by molar-refractivity contribution is -0.134. The van der Waals surface area contributed by atoms with Crippen LogP contribution in [0.3, 0.4) is 0 Å². The number of amides is 9. The van der Waals surface area contributed by atoms with Gasteiger partial charge in [-0.05, 0) is 75.7 Å². The van der Waals surface area contributed by atoms with Crippen molar-refractivity contribution in [3.05, 3.63) is 71.9 Å².